The van der Waals surface area contributed by atoms with Gasteiger partial charge in [-0.25, -0.2) is 0 Å². The Labute approximate surface area is 105 Å². The molecular weight excluding hydrogens is 214 g/mol. The second-order valence-electron chi connectivity index (χ2n) is 4.91. The van der Waals surface area contributed by atoms with Crippen molar-refractivity contribution in [3.05, 3.63) is 0 Å². The van der Waals surface area contributed by atoms with E-state index in [1.54, 1.807) is 0 Å². The van der Waals surface area contributed by atoms with Crippen LogP contribution in [0.1, 0.15) is 72.1 Å². The number of aliphatic imine (C=N–C) groups is 1. The summed E-state index contributed by atoms with van der Waals surface area (Å²) in [5, 5.41) is 1.24. The van der Waals surface area contributed by atoms with Crippen molar-refractivity contribution in [2.75, 3.05) is 0 Å². The largest absolute Gasteiger partial charge is 0.279 e. The van der Waals surface area contributed by atoms with Crippen molar-refractivity contribution in [2.24, 2.45) is 4.99 Å². The second kappa shape index (κ2) is 8.16. The Balaban J connectivity index is 1.92. The monoisotopic (exact) mass is 241 g/mol. The molecule has 1 nitrogen and oxygen atoms in total. The highest BCUT2D eigenvalue weighted by Crippen LogP contribution is 2.30. The molecule has 0 aromatic rings. The quantitative estimate of drug-likeness (QED) is 0.542. The molecule has 0 aliphatic carbocycles. The maximum atomic E-state index is 4.70. The van der Waals surface area contributed by atoms with Gasteiger partial charge in [0.15, 0.2) is 0 Å². The molecule has 0 saturated heterocycles. The first-order valence-electron chi connectivity index (χ1n) is 6.93. The molecule has 2 heteroatoms. The normalized spacial score (nSPS) is 24.8. The van der Waals surface area contributed by atoms with Gasteiger partial charge in [-0.05, 0) is 20.3 Å². The molecule has 1 aliphatic rings. The lowest BCUT2D eigenvalue weighted by atomic mass is 10.1. The average Bonchev–Trinajstić information content (AvgIpc) is 2.57. The minimum absolute atomic E-state index is 0.575. The number of hydrogen-bond acceptors (Lipinski definition) is 2. The summed E-state index contributed by atoms with van der Waals surface area (Å²) in [7, 11) is 0. The van der Waals surface area contributed by atoms with Gasteiger partial charge >= 0.3 is 0 Å². The molecule has 94 valence electrons. The van der Waals surface area contributed by atoms with Gasteiger partial charge in [0.05, 0.1) is 5.37 Å². The molecular formula is C14H27NS. The maximum absolute atomic E-state index is 4.70. The molecule has 1 aliphatic heterocycles. The Kier molecular flexibility index (Phi) is 7.18. The standard InChI is InChI=1S/C14H27NS/c1-4-5-6-7-8-9-10-11-14-15-12(2)13(3)16-14/h13-14H,4-11H2,1-3H3/t13-,14+/m0/s1. The van der Waals surface area contributed by atoms with Crippen LogP contribution in [0, 0.1) is 0 Å². The topological polar surface area (TPSA) is 12.4 Å². The van der Waals surface area contributed by atoms with Crippen LogP contribution in [0.15, 0.2) is 4.99 Å². The number of unbranched alkanes of at least 4 members (excludes halogenated alkanes) is 6. The second-order valence-corrected chi connectivity index (χ2v) is 6.44. The number of hydrogen-bond donors (Lipinski definition) is 0. The lowest BCUT2D eigenvalue weighted by Crippen LogP contribution is -2.02. The smallest absolute Gasteiger partial charge is 0.0957 e. The summed E-state index contributed by atoms with van der Waals surface area (Å²) in [6.45, 7) is 6.72. The van der Waals surface area contributed by atoms with E-state index in [4.69, 9.17) is 4.99 Å². The zero-order valence-corrected chi connectivity index (χ0v) is 12.0. The molecule has 0 spiro atoms. The summed E-state index contributed by atoms with van der Waals surface area (Å²) in [4.78, 5) is 4.70. The molecule has 16 heavy (non-hydrogen) atoms. The third-order valence-corrected chi connectivity index (χ3v) is 4.76. The highest BCUT2D eigenvalue weighted by Gasteiger charge is 2.21. The van der Waals surface area contributed by atoms with Crippen LogP contribution in [-0.4, -0.2) is 16.3 Å². The first-order chi connectivity index (χ1) is 7.74. The summed E-state index contributed by atoms with van der Waals surface area (Å²) in [6, 6.07) is 0. The van der Waals surface area contributed by atoms with Crippen molar-refractivity contribution in [2.45, 2.75) is 82.8 Å². The average molecular weight is 241 g/mol. The molecule has 1 heterocycles. The summed E-state index contributed by atoms with van der Waals surface area (Å²) in [5.41, 5.74) is 1.35. The molecule has 0 bridgehead atoms. The maximum Gasteiger partial charge on any atom is 0.0957 e. The zero-order valence-electron chi connectivity index (χ0n) is 11.2. The van der Waals surface area contributed by atoms with E-state index < -0.39 is 0 Å². The third kappa shape index (κ3) is 5.38. The molecule has 0 aromatic heterocycles. The van der Waals surface area contributed by atoms with Crippen LogP contribution in [0.2, 0.25) is 0 Å². The van der Waals surface area contributed by atoms with Gasteiger partial charge in [-0.1, -0.05) is 51.9 Å². The van der Waals surface area contributed by atoms with Crippen LogP contribution in [0.25, 0.3) is 0 Å². The summed E-state index contributed by atoms with van der Waals surface area (Å²) in [6.07, 6.45) is 11.1. The van der Waals surface area contributed by atoms with Gasteiger partial charge in [0, 0.05) is 11.0 Å². The highest BCUT2D eigenvalue weighted by molar-refractivity contribution is 8.01. The fourth-order valence-electron chi connectivity index (χ4n) is 2.11. The summed E-state index contributed by atoms with van der Waals surface area (Å²) in [5.74, 6) is 0. The van der Waals surface area contributed by atoms with Crippen LogP contribution in [0.5, 0.6) is 0 Å². The van der Waals surface area contributed by atoms with Gasteiger partial charge in [0.1, 0.15) is 0 Å². The Morgan fingerprint density at radius 2 is 1.69 bits per heavy atom. The molecule has 2 atom stereocenters. The summed E-state index contributed by atoms with van der Waals surface area (Å²) >= 11 is 2.04. The minimum atomic E-state index is 0.575. The minimum Gasteiger partial charge on any atom is -0.279 e. The molecule has 0 aromatic carbocycles. The summed E-state index contributed by atoms with van der Waals surface area (Å²) < 4.78 is 0. The molecule has 1 rings (SSSR count). The molecule has 0 N–H and O–H groups in total. The third-order valence-electron chi connectivity index (χ3n) is 3.35. The van der Waals surface area contributed by atoms with Crippen molar-refractivity contribution in [3.8, 4) is 0 Å². The van der Waals surface area contributed by atoms with Gasteiger partial charge in [-0.3, -0.25) is 4.99 Å². The fraction of sp³-hybridized carbons (Fsp3) is 0.929. The molecule has 0 radical (unpaired) electrons. The van der Waals surface area contributed by atoms with E-state index in [0.717, 1.165) is 0 Å². The zero-order chi connectivity index (χ0) is 11.8. The van der Waals surface area contributed by atoms with Gasteiger partial charge in [-0.2, -0.15) is 0 Å². The van der Waals surface area contributed by atoms with Crippen molar-refractivity contribution in [1.29, 1.82) is 0 Å². The van der Waals surface area contributed by atoms with Crippen molar-refractivity contribution < 1.29 is 0 Å². The van der Waals surface area contributed by atoms with E-state index >= 15 is 0 Å². The van der Waals surface area contributed by atoms with Crippen molar-refractivity contribution in [3.63, 3.8) is 0 Å². The van der Waals surface area contributed by atoms with E-state index in [1.165, 1.54) is 57.1 Å². The fourth-order valence-corrected chi connectivity index (χ4v) is 3.36. The molecule has 0 unspecified atom stereocenters. The van der Waals surface area contributed by atoms with Gasteiger partial charge in [-0.15, -0.1) is 11.8 Å². The molecule has 0 fully saturated rings. The first kappa shape index (κ1) is 14.1. The Morgan fingerprint density at radius 3 is 2.25 bits per heavy atom. The van der Waals surface area contributed by atoms with Crippen LogP contribution in [-0.2, 0) is 0 Å². The number of rotatable bonds is 8. The SMILES string of the molecule is CCCCCCCCC[C@@H]1N=C(C)[C@H](C)S1. The predicted octanol–water partition coefficient (Wildman–Crippen LogP) is 5.05. The van der Waals surface area contributed by atoms with E-state index in [2.05, 4.69) is 20.8 Å². The van der Waals surface area contributed by atoms with Gasteiger partial charge < -0.3 is 0 Å². The molecule has 0 amide bonds. The van der Waals surface area contributed by atoms with Crippen molar-refractivity contribution in [1.82, 2.24) is 0 Å². The highest BCUT2D eigenvalue weighted by atomic mass is 32.2. The first-order valence-corrected chi connectivity index (χ1v) is 7.88. The van der Waals surface area contributed by atoms with Gasteiger partial charge in [0.2, 0.25) is 0 Å². The van der Waals surface area contributed by atoms with E-state index in [9.17, 15) is 0 Å². The Hall–Kier alpha value is 0.0200. The van der Waals surface area contributed by atoms with E-state index in [0.29, 0.717) is 10.6 Å². The van der Waals surface area contributed by atoms with Crippen LogP contribution in [0.3, 0.4) is 0 Å². The number of thioether (sulfide) groups is 1. The lowest BCUT2D eigenvalue weighted by Gasteiger charge is -2.07. The predicted molar refractivity (Wildman–Crippen MR) is 76.6 cm³/mol. The van der Waals surface area contributed by atoms with E-state index in [-0.39, 0.29) is 0 Å². The van der Waals surface area contributed by atoms with Crippen molar-refractivity contribution >= 4 is 17.5 Å². The van der Waals surface area contributed by atoms with E-state index in [1.807, 2.05) is 11.8 Å². The van der Waals surface area contributed by atoms with Crippen LogP contribution in [0.4, 0.5) is 0 Å². The Bertz CT molecular complexity index is 213. The lowest BCUT2D eigenvalue weighted by molar-refractivity contribution is 0.573. The Morgan fingerprint density at radius 1 is 1.06 bits per heavy atom. The van der Waals surface area contributed by atoms with Gasteiger partial charge in [0.25, 0.3) is 0 Å². The van der Waals surface area contributed by atoms with Crippen LogP contribution < -0.4 is 0 Å². The number of nitrogens with zero attached hydrogens (tertiary/aromatic N) is 1. The molecule has 0 saturated carbocycles. The van der Waals surface area contributed by atoms with Crippen LogP contribution >= 0.6 is 11.8 Å².